The summed E-state index contributed by atoms with van der Waals surface area (Å²) in [5.74, 6) is 0.771. The molecule has 0 aromatic carbocycles. The maximum Gasteiger partial charge on any atom is 0.415 e. The van der Waals surface area contributed by atoms with Crippen LogP contribution in [0.3, 0.4) is 0 Å². The van der Waals surface area contributed by atoms with Crippen molar-refractivity contribution in [2.24, 2.45) is 0 Å². The van der Waals surface area contributed by atoms with E-state index in [2.05, 4.69) is 15.7 Å². The molecule has 3 heterocycles. The summed E-state index contributed by atoms with van der Waals surface area (Å²) >= 11 is 0. The van der Waals surface area contributed by atoms with Crippen LogP contribution < -0.4 is 21.1 Å². The molecule has 2 aliphatic carbocycles. The molecule has 38 heavy (non-hydrogen) atoms. The number of nitrogens with one attached hydrogen (secondary N) is 2. The van der Waals surface area contributed by atoms with Gasteiger partial charge in [0, 0.05) is 50.6 Å². The zero-order valence-electron chi connectivity index (χ0n) is 22.3. The molecule has 0 bridgehead atoms. The third-order valence-electron chi connectivity index (χ3n) is 6.81. The van der Waals surface area contributed by atoms with E-state index >= 15 is 0 Å². The van der Waals surface area contributed by atoms with E-state index in [1.54, 1.807) is 74.6 Å². The van der Waals surface area contributed by atoms with Gasteiger partial charge in [-0.1, -0.05) is 0 Å². The Morgan fingerprint density at radius 1 is 1.29 bits per heavy atom. The Kier molecular flexibility index (Phi) is 6.86. The first-order valence-electron chi connectivity index (χ1n) is 12.8. The molecule has 3 aromatic heterocycles. The Balaban J connectivity index is 1.49. The molecule has 2 atom stereocenters. The number of fused-ring (bicyclic) bond motifs is 1. The molecular formula is C26H34FN7O4. The summed E-state index contributed by atoms with van der Waals surface area (Å²) in [5, 5.41) is 11.0. The number of nitrogens with zero attached hydrogens (tertiary/aromatic N) is 5. The van der Waals surface area contributed by atoms with Gasteiger partial charge in [-0.2, -0.15) is 9.61 Å². The van der Waals surface area contributed by atoms with Gasteiger partial charge in [-0.05, 0) is 52.2 Å². The second-order valence-corrected chi connectivity index (χ2v) is 10.9. The molecule has 12 heteroatoms. The molecule has 0 aliphatic heterocycles. The number of alkyl halides is 1. The van der Waals surface area contributed by atoms with Crippen molar-refractivity contribution in [2.45, 2.75) is 76.5 Å². The molecule has 11 nitrogen and oxygen atoms in total. The number of anilines is 3. The van der Waals surface area contributed by atoms with Crippen molar-refractivity contribution < 1.29 is 18.7 Å². The number of methoxy groups -OCH3 is 1. The van der Waals surface area contributed by atoms with Crippen LogP contribution in [0.4, 0.5) is 26.5 Å². The lowest BCUT2D eigenvalue weighted by molar-refractivity contribution is 0.0587. The van der Waals surface area contributed by atoms with Crippen LogP contribution in [0.2, 0.25) is 0 Å². The SMILES string of the molecule is CO[C@@H]1CC1NCc1cnn2c(N(C)C(=O)OC(C)(C)C)cc(Nc3cccn([C@H]4C[C@H](F)C4)c3=O)nc12. The number of amides is 1. The largest absolute Gasteiger partial charge is 0.443 e. The highest BCUT2D eigenvalue weighted by molar-refractivity contribution is 5.87. The van der Waals surface area contributed by atoms with Crippen LogP contribution in [0, 0.1) is 0 Å². The molecule has 2 N–H and O–H groups in total. The number of hydrogen-bond acceptors (Lipinski definition) is 8. The van der Waals surface area contributed by atoms with Gasteiger partial charge in [-0.25, -0.2) is 14.2 Å². The van der Waals surface area contributed by atoms with Gasteiger partial charge in [-0.15, -0.1) is 0 Å². The molecule has 3 aromatic rings. The van der Waals surface area contributed by atoms with Crippen molar-refractivity contribution in [1.29, 1.82) is 0 Å². The number of hydrogen-bond donors (Lipinski definition) is 2. The average Bonchev–Trinajstić information content (AvgIpc) is 3.49. The molecule has 0 radical (unpaired) electrons. The molecule has 0 spiro atoms. The molecule has 1 unspecified atom stereocenters. The Hall–Kier alpha value is -3.51. The van der Waals surface area contributed by atoms with E-state index in [4.69, 9.17) is 14.5 Å². The second-order valence-electron chi connectivity index (χ2n) is 10.9. The van der Waals surface area contributed by atoms with Crippen LogP contribution in [-0.4, -0.2) is 63.3 Å². The molecule has 1 amide bonds. The number of halogens is 1. The van der Waals surface area contributed by atoms with E-state index < -0.39 is 17.9 Å². The third-order valence-corrected chi connectivity index (χ3v) is 6.81. The fraction of sp³-hybridized carbons (Fsp3) is 0.538. The van der Waals surface area contributed by atoms with Gasteiger partial charge in [0.25, 0.3) is 5.56 Å². The lowest BCUT2D eigenvalue weighted by Crippen LogP contribution is -2.35. The summed E-state index contributed by atoms with van der Waals surface area (Å²) in [6.07, 6.45) is 3.74. The summed E-state index contributed by atoms with van der Waals surface area (Å²) in [4.78, 5) is 32.2. The second kappa shape index (κ2) is 9.99. The summed E-state index contributed by atoms with van der Waals surface area (Å²) in [7, 11) is 3.29. The zero-order chi connectivity index (χ0) is 27.2. The van der Waals surface area contributed by atoms with E-state index in [-0.39, 0.29) is 23.7 Å². The Labute approximate surface area is 219 Å². The minimum atomic E-state index is -0.873. The summed E-state index contributed by atoms with van der Waals surface area (Å²) in [6.45, 7) is 5.89. The normalized spacial score (nSPS) is 22.7. The minimum Gasteiger partial charge on any atom is -0.443 e. The van der Waals surface area contributed by atoms with E-state index in [0.717, 1.165) is 12.0 Å². The summed E-state index contributed by atoms with van der Waals surface area (Å²) in [6, 6.07) is 5.15. The van der Waals surface area contributed by atoms with Gasteiger partial charge in [0.15, 0.2) is 5.65 Å². The number of rotatable bonds is 8. The van der Waals surface area contributed by atoms with Gasteiger partial charge >= 0.3 is 6.09 Å². The number of carbonyl (C=O) groups excluding carboxylic acids is 1. The highest BCUT2D eigenvalue weighted by Crippen LogP contribution is 2.34. The van der Waals surface area contributed by atoms with Crippen LogP contribution in [0.5, 0.6) is 0 Å². The third kappa shape index (κ3) is 5.37. The van der Waals surface area contributed by atoms with Crippen molar-refractivity contribution >= 4 is 29.1 Å². The first-order valence-corrected chi connectivity index (χ1v) is 12.8. The highest BCUT2D eigenvalue weighted by Gasteiger charge is 2.37. The molecule has 5 rings (SSSR count). The van der Waals surface area contributed by atoms with E-state index in [1.807, 2.05) is 0 Å². The fourth-order valence-corrected chi connectivity index (χ4v) is 4.51. The molecule has 2 saturated carbocycles. The summed E-state index contributed by atoms with van der Waals surface area (Å²) < 4.78 is 27.5. The van der Waals surface area contributed by atoms with Crippen LogP contribution in [0.15, 0.2) is 35.4 Å². The predicted octanol–water partition coefficient (Wildman–Crippen LogP) is 3.56. The topological polar surface area (TPSA) is 115 Å². The molecule has 2 fully saturated rings. The number of pyridine rings is 1. The molecular weight excluding hydrogens is 493 g/mol. The Morgan fingerprint density at radius 3 is 2.71 bits per heavy atom. The molecule has 2 aliphatic rings. The van der Waals surface area contributed by atoms with Crippen LogP contribution in [-0.2, 0) is 16.0 Å². The maximum absolute atomic E-state index is 13.4. The molecule has 0 saturated heterocycles. The monoisotopic (exact) mass is 527 g/mol. The van der Waals surface area contributed by atoms with Crippen molar-refractivity contribution in [1.82, 2.24) is 24.5 Å². The quantitative estimate of drug-likeness (QED) is 0.457. The minimum absolute atomic E-state index is 0.158. The predicted molar refractivity (Wildman–Crippen MR) is 141 cm³/mol. The van der Waals surface area contributed by atoms with Gasteiger partial charge in [-0.3, -0.25) is 9.69 Å². The van der Waals surface area contributed by atoms with Crippen molar-refractivity contribution in [2.75, 3.05) is 24.4 Å². The Bertz CT molecular complexity index is 1390. The van der Waals surface area contributed by atoms with Gasteiger partial charge in [0.2, 0.25) is 0 Å². The van der Waals surface area contributed by atoms with Crippen molar-refractivity contribution in [3.8, 4) is 0 Å². The lowest BCUT2D eigenvalue weighted by Gasteiger charge is -2.31. The van der Waals surface area contributed by atoms with Gasteiger partial charge < -0.3 is 24.7 Å². The first kappa shape index (κ1) is 26.1. The Morgan fingerprint density at radius 2 is 2.05 bits per heavy atom. The van der Waals surface area contributed by atoms with Crippen molar-refractivity contribution in [3.63, 3.8) is 0 Å². The highest BCUT2D eigenvalue weighted by atomic mass is 19.1. The molecule has 204 valence electrons. The smallest absolute Gasteiger partial charge is 0.415 e. The lowest BCUT2D eigenvalue weighted by atomic mass is 9.90. The summed E-state index contributed by atoms with van der Waals surface area (Å²) in [5.41, 5.74) is 0.705. The standard InChI is InChI=1S/C26H34FN7O4/c1-26(2,3)38-25(36)32(4)22-12-21(30-18-7-6-8-33(24(18)35)17-9-16(27)10-17)31-23-15(14-29-34(22)23)13-28-19-11-20(19)37-5/h6-8,12,14,16-17,19-20,28H,9-11,13H2,1-5H3,(H,30,31)/t16-,17-,19?,20-/m1/s1. The number of ether oxygens (including phenoxy) is 2. The van der Waals surface area contributed by atoms with E-state index in [0.29, 0.717) is 42.4 Å². The van der Waals surface area contributed by atoms with Gasteiger partial charge in [0.05, 0.1) is 12.3 Å². The first-order chi connectivity index (χ1) is 18.0. The van der Waals surface area contributed by atoms with E-state index in [9.17, 15) is 14.0 Å². The average molecular weight is 528 g/mol. The zero-order valence-corrected chi connectivity index (χ0v) is 22.3. The van der Waals surface area contributed by atoms with Crippen molar-refractivity contribution in [3.05, 3.63) is 46.5 Å². The maximum atomic E-state index is 13.4. The van der Waals surface area contributed by atoms with Crippen LogP contribution in [0.1, 0.15) is 51.6 Å². The number of aromatic nitrogens is 4. The van der Waals surface area contributed by atoms with Gasteiger partial charge in [0.1, 0.15) is 29.1 Å². The van der Waals surface area contributed by atoms with Crippen LogP contribution in [0.25, 0.3) is 5.65 Å². The van der Waals surface area contributed by atoms with E-state index in [1.165, 1.54) is 4.90 Å². The number of carbonyl (C=O) groups is 1. The fourth-order valence-electron chi connectivity index (χ4n) is 4.51. The van der Waals surface area contributed by atoms with Crippen LogP contribution >= 0.6 is 0 Å².